The highest BCUT2D eigenvalue weighted by Gasteiger charge is 2.16. The molecule has 2 atom stereocenters. The van der Waals surface area contributed by atoms with Gasteiger partial charge < -0.3 is 5.41 Å². The average molecular weight is 123 g/mol. The van der Waals surface area contributed by atoms with Crippen LogP contribution in [-0.4, -0.2) is 5.71 Å². The molecule has 0 aromatic carbocycles. The quantitative estimate of drug-likeness (QED) is 0.510. The minimum absolute atomic E-state index is 0.468. The van der Waals surface area contributed by atoms with Crippen molar-refractivity contribution in [3.8, 4) is 0 Å². The molecule has 0 aromatic rings. The summed E-state index contributed by atoms with van der Waals surface area (Å²) >= 11 is 0. The topological polar surface area (TPSA) is 23.9 Å². The number of hydrogen-bond donors (Lipinski definition) is 1. The second-order valence-electron chi connectivity index (χ2n) is 2.86. The summed E-state index contributed by atoms with van der Waals surface area (Å²) in [5, 5.41) is 7.44. The van der Waals surface area contributed by atoms with E-state index in [1.807, 2.05) is 6.08 Å². The van der Waals surface area contributed by atoms with Gasteiger partial charge in [0.15, 0.2) is 0 Å². The number of allylic oxidation sites excluding steroid dienone is 2. The van der Waals surface area contributed by atoms with Crippen molar-refractivity contribution < 1.29 is 0 Å². The van der Waals surface area contributed by atoms with E-state index in [1.165, 1.54) is 0 Å². The Morgan fingerprint density at radius 3 is 2.67 bits per heavy atom. The van der Waals surface area contributed by atoms with Gasteiger partial charge in [-0.3, -0.25) is 0 Å². The third kappa shape index (κ3) is 1.21. The molecule has 0 radical (unpaired) electrons. The number of hydrogen-bond acceptors (Lipinski definition) is 1. The van der Waals surface area contributed by atoms with E-state index < -0.39 is 0 Å². The Hall–Kier alpha value is -0.590. The molecule has 9 heavy (non-hydrogen) atoms. The van der Waals surface area contributed by atoms with Gasteiger partial charge in [0.1, 0.15) is 0 Å². The minimum Gasteiger partial charge on any atom is -0.305 e. The lowest BCUT2D eigenvalue weighted by Gasteiger charge is -2.21. The highest BCUT2D eigenvalue weighted by molar-refractivity contribution is 5.94. The van der Waals surface area contributed by atoms with Gasteiger partial charge in [-0.05, 0) is 18.4 Å². The largest absolute Gasteiger partial charge is 0.305 e. The fraction of sp³-hybridized carbons (Fsp3) is 0.625. The van der Waals surface area contributed by atoms with Crippen molar-refractivity contribution in [1.29, 1.82) is 5.41 Å². The minimum atomic E-state index is 0.468. The van der Waals surface area contributed by atoms with E-state index in [1.54, 1.807) is 0 Å². The maximum absolute atomic E-state index is 7.44. The van der Waals surface area contributed by atoms with Crippen molar-refractivity contribution in [2.45, 2.75) is 20.3 Å². The second kappa shape index (κ2) is 2.34. The fourth-order valence-electron chi connectivity index (χ4n) is 1.07. The molecule has 1 nitrogen and oxygen atoms in total. The monoisotopic (exact) mass is 123 g/mol. The molecule has 0 aliphatic heterocycles. The Morgan fingerprint density at radius 2 is 2.22 bits per heavy atom. The molecule has 1 N–H and O–H groups in total. The van der Waals surface area contributed by atoms with Gasteiger partial charge in [-0.2, -0.15) is 0 Å². The molecule has 0 aromatic heterocycles. The highest BCUT2D eigenvalue weighted by atomic mass is 14.4. The van der Waals surface area contributed by atoms with Gasteiger partial charge in [-0.25, -0.2) is 0 Å². The predicted octanol–water partition coefficient (Wildman–Crippen LogP) is 2.24. The summed E-state index contributed by atoms with van der Waals surface area (Å²) in [7, 11) is 0. The Bertz CT molecular complexity index is 147. The smallest absolute Gasteiger partial charge is 0.0341 e. The number of nitrogens with one attached hydrogen (secondary N) is 1. The standard InChI is InChI=1S/C8H13N/c1-6-4-3-5-8(9)7(6)2/h3,5-7,9H,4H2,1-2H3. The molecule has 0 fully saturated rings. The third-order valence-corrected chi connectivity index (χ3v) is 2.15. The first-order valence-corrected chi connectivity index (χ1v) is 3.47. The molecule has 0 bridgehead atoms. The third-order valence-electron chi connectivity index (χ3n) is 2.15. The lowest BCUT2D eigenvalue weighted by Crippen LogP contribution is -2.19. The predicted molar refractivity (Wildman–Crippen MR) is 39.8 cm³/mol. The molecule has 0 heterocycles. The first kappa shape index (κ1) is 6.53. The average Bonchev–Trinajstić information content (AvgIpc) is 1.83. The Kier molecular flexibility index (Phi) is 1.70. The zero-order valence-corrected chi connectivity index (χ0v) is 6.02. The first-order chi connectivity index (χ1) is 4.22. The highest BCUT2D eigenvalue weighted by Crippen LogP contribution is 2.21. The zero-order chi connectivity index (χ0) is 6.85. The van der Waals surface area contributed by atoms with E-state index >= 15 is 0 Å². The maximum Gasteiger partial charge on any atom is 0.0341 e. The van der Waals surface area contributed by atoms with Gasteiger partial charge in [0.25, 0.3) is 0 Å². The second-order valence-corrected chi connectivity index (χ2v) is 2.86. The van der Waals surface area contributed by atoms with E-state index in [0.29, 0.717) is 11.8 Å². The molecule has 1 aliphatic rings. The lowest BCUT2D eigenvalue weighted by molar-refractivity contribution is 0.482. The van der Waals surface area contributed by atoms with Gasteiger partial charge in [-0.15, -0.1) is 0 Å². The Balaban J connectivity index is 2.69. The van der Waals surface area contributed by atoms with Gasteiger partial charge >= 0.3 is 0 Å². The summed E-state index contributed by atoms with van der Waals surface area (Å²) in [6, 6.07) is 0. The van der Waals surface area contributed by atoms with Crippen LogP contribution in [0.4, 0.5) is 0 Å². The van der Waals surface area contributed by atoms with Crippen LogP contribution in [0.2, 0.25) is 0 Å². The van der Waals surface area contributed by atoms with Crippen LogP contribution < -0.4 is 0 Å². The van der Waals surface area contributed by atoms with Crippen LogP contribution in [0.3, 0.4) is 0 Å². The van der Waals surface area contributed by atoms with Crippen molar-refractivity contribution in [3.63, 3.8) is 0 Å². The van der Waals surface area contributed by atoms with E-state index in [0.717, 1.165) is 12.1 Å². The van der Waals surface area contributed by atoms with Crippen molar-refractivity contribution in [3.05, 3.63) is 12.2 Å². The van der Waals surface area contributed by atoms with E-state index in [-0.39, 0.29) is 0 Å². The summed E-state index contributed by atoms with van der Waals surface area (Å²) in [6.45, 7) is 4.32. The molecule has 0 spiro atoms. The number of rotatable bonds is 0. The van der Waals surface area contributed by atoms with Gasteiger partial charge in [0, 0.05) is 11.6 Å². The lowest BCUT2D eigenvalue weighted by atomic mass is 9.85. The Labute approximate surface area is 56.3 Å². The van der Waals surface area contributed by atoms with Crippen molar-refractivity contribution in [2.24, 2.45) is 11.8 Å². The molecule has 50 valence electrons. The van der Waals surface area contributed by atoms with Crippen molar-refractivity contribution >= 4 is 5.71 Å². The van der Waals surface area contributed by atoms with Crippen LogP contribution >= 0.6 is 0 Å². The molecule has 0 amide bonds. The molecule has 2 unspecified atom stereocenters. The van der Waals surface area contributed by atoms with Crippen LogP contribution in [0.5, 0.6) is 0 Å². The van der Waals surface area contributed by atoms with Crippen molar-refractivity contribution in [1.82, 2.24) is 0 Å². The maximum atomic E-state index is 7.44. The summed E-state index contributed by atoms with van der Waals surface area (Å²) in [5.74, 6) is 1.14. The van der Waals surface area contributed by atoms with Crippen LogP contribution in [0.1, 0.15) is 20.3 Å². The zero-order valence-electron chi connectivity index (χ0n) is 6.02. The van der Waals surface area contributed by atoms with Gasteiger partial charge in [0.05, 0.1) is 0 Å². The molecular formula is C8H13N. The molecular weight excluding hydrogens is 110 g/mol. The van der Waals surface area contributed by atoms with Crippen LogP contribution in [0, 0.1) is 17.2 Å². The summed E-state index contributed by atoms with van der Waals surface area (Å²) in [4.78, 5) is 0. The van der Waals surface area contributed by atoms with Crippen molar-refractivity contribution in [2.75, 3.05) is 0 Å². The van der Waals surface area contributed by atoms with E-state index in [4.69, 9.17) is 5.41 Å². The van der Waals surface area contributed by atoms with Gasteiger partial charge in [0.2, 0.25) is 0 Å². The molecule has 1 rings (SSSR count). The van der Waals surface area contributed by atoms with Crippen LogP contribution in [-0.2, 0) is 0 Å². The fourth-order valence-corrected chi connectivity index (χ4v) is 1.07. The summed E-state index contributed by atoms with van der Waals surface area (Å²) in [5.41, 5.74) is 0.786. The first-order valence-electron chi connectivity index (χ1n) is 3.47. The molecule has 1 aliphatic carbocycles. The molecule has 0 saturated carbocycles. The van der Waals surface area contributed by atoms with Crippen LogP contribution in [0.15, 0.2) is 12.2 Å². The Morgan fingerprint density at radius 1 is 1.56 bits per heavy atom. The van der Waals surface area contributed by atoms with E-state index in [2.05, 4.69) is 19.9 Å². The van der Waals surface area contributed by atoms with Gasteiger partial charge in [-0.1, -0.05) is 19.9 Å². The molecule has 1 heteroatoms. The summed E-state index contributed by atoms with van der Waals surface area (Å²) in [6.07, 6.45) is 5.15. The normalized spacial score (nSPS) is 35.1. The SMILES string of the molecule is CC1CC=CC(=N)C1C. The summed E-state index contributed by atoms with van der Waals surface area (Å²) < 4.78 is 0. The van der Waals surface area contributed by atoms with Crippen LogP contribution in [0.25, 0.3) is 0 Å². The van der Waals surface area contributed by atoms with E-state index in [9.17, 15) is 0 Å². The molecule has 0 saturated heterocycles.